The summed E-state index contributed by atoms with van der Waals surface area (Å²) in [5.74, 6) is -0.466. The molecule has 0 saturated carbocycles. The smallest absolute Gasteiger partial charge is 0.315 e. The maximum absolute atomic E-state index is 13.0. The highest BCUT2D eigenvalue weighted by Gasteiger charge is 2.50. The predicted octanol–water partition coefficient (Wildman–Crippen LogP) is 4.08. The second-order valence-electron chi connectivity index (χ2n) is 8.09. The van der Waals surface area contributed by atoms with E-state index in [1.54, 1.807) is 43.5 Å². The lowest BCUT2D eigenvalue weighted by molar-refractivity contribution is -0.167. The van der Waals surface area contributed by atoms with Crippen molar-refractivity contribution in [2.75, 3.05) is 12.4 Å². The standard InChI is InChI=1S/C23H25NO5S/c1-22(2,3)30-20(26)13-19(25)29-23(14-15-9-11-16(28-4)12-10-15)17-7-5-6-8-18(17)24-21(23)27/h5-12H,13-14H2,1-4H3,(H,24,27)/t23-/m0/s1. The number of hydrogen-bond acceptors (Lipinski definition) is 6. The van der Waals surface area contributed by atoms with Gasteiger partial charge in [0.05, 0.1) is 7.11 Å². The number of anilines is 1. The molecule has 6 nitrogen and oxygen atoms in total. The highest BCUT2D eigenvalue weighted by Crippen LogP contribution is 2.42. The fourth-order valence-corrected chi connectivity index (χ4v) is 4.23. The van der Waals surface area contributed by atoms with Gasteiger partial charge < -0.3 is 14.8 Å². The first-order chi connectivity index (χ1) is 14.1. The van der Waals surface area contributed by atoms with E-state index in [2.05, 4.69) is 5.32 Å². The molecule has 1 amide bonds. The topological polar surface area (TPSA) is 81.7 Å². The summed E-state index contributed by atoms with van der Waals surface area (Å²) in [5, 5.41) is 2.50. The van der Waals surface area contributed by atoms with Gasteiger partial charge >= 0.3 is 5.97 Å². The molecule has 7 heteroatoms. The summed E-state index contributed by atoms with van der Waals surface area (Å²) in [6.07, 6.45) is -0.256. The number of thioether (sulfide) groups is 1. The van der Waals surface area contributed by atoms with Gasteiger partial charge in [0.15, 0.2) is 0 Å². The Balaban J connectivity index is 1.90. The summed E-state index contributed by atoms with van der Waals surface area (Å²) in [6, 6.07) is 14.3. The van der Waals surface area contributed by atoms with Crippen LogP contribution < -0.4 is 10.1 Å². The Morgan fingerprint density at radius 2 is 1.73 bits per heavy atom. The van der Waals surface area contributed by atoms with E-state index in [1.165, 1.54) is 0 Å². The molecule has 0 aliphatic carbocycles. The number of methoxy groups -OCH3 is 1. The van der Waals surface area contributed by atoms with Crippen molar-refractivity contribution in [1.82, 2.24) is 0 Å². The number of carbonyl (C=O) groups excluding carboxylic acids is 3. The maximum atomic E-state index is 13.0. The summed E-state index contributed by atoms with van der Waals surface area (Å²) in [7, 11) is 1.57. The Morgan fingerprint density at radius 3 is 2.37 bits per heavy atom. The van der Waals surface area contributed by atoms with Gasteiger partial charge in [-0.25, -0.2) is 0 Å². The first-order valence-corrected chi connectivity index (χ1v) is 10.4. The number of ether oxygens (including phenoxy) is 2. The van der Waals surface area contributed by atoms with E-state index < -0.39 is 23.9 Å². The zero-order chi connectivity index (χ0) is 21.9. The van der Waals surface area contributed by atoms with Crippen molar-refractivity contribution in [3.63, 3.8) is 0 Å². The van der Waals surface area contributed by atoms with Crippen LogP contribution in [0.5, 0.6) is 5.75 Å². The number of rotatable bonds is 6. The SMILES string of the molecule is COc1ccc(C[C@@]2(OC(=O)CC(=O)SC(C)(C)C)C(=O)Nc3ccccc32)cc1. The Hall–Kier alpha value is -2.80. The highest BCUT2D eigenvalue weighted by molar-refractivity contribution is 8.14. The van der Waals surface area contributed by atoms with E-state index in [0.29, 0.717) is 17.0 Å². The largest absolute Gasteiger partial charge is 0.497 e. The predicted molar refractivity (Wildman–Crippen MR) is 117 cm³/mol. The molecule has 30 heavy (non-hydrogen) atoms. The van der Waals surface area contributed by atoms with Gasteiger partial charge in [-0.3, -0.25) is 14.4 Å². The average molecular weight is 428 g/mol. The lowest BCUT2D eigenvalue weighted by Gasteiger charge is -2.28. The van der Waals surface area contributed by atoms with Gasteiger partial charge in [-0.15, -0.1) is 0 Å². The quantitative estimate of drug-likeness (QED) is 0.553. The normalized spacial score (nSPS) is 17.8. The van der Waals surface area contributed by atoms with Crippen LogP contribution in [-0.2, 0) is 31.1 Å². The Labute approximate surface area is 180 Å². The third-order valence-corrected chi connectivity index (χ3v) is 5.57. The number of fused-ring (bicyclic) bond motifs is 1. The molecule has 1 aliphatic heterocycles. The minimum Gasteiger partial charge on any atom is -0.497 e. The Kier molecular flexibility index (Phi) is 6.22. The third kappa shape index (κ3) is 4.84. The lowest BCUT2D eigenvalue weighted by atomic mass is 9.88. The van der Waals surface area contributed by atoms with E-state index in [1.807, 2.05) is 32.9 Å². The minimum atomic E-state index is -1.53. The van der Waals surface area contributed by atoms with Crippen molar-refractivity contribution >= 4 is 34.4 Å². The number of hydrogen-bond donors (Lipinski definition) is 1. The molecule has 1 aliphatic rings. The molecular formula is C23H25NO5S. The van der Waals surface area contributed by atoms with Crippen molar-refractivity contribution in [2.24, 2.45) is 0 Å². The monoisotopic (exact) mass is 427 g/mol. The molecule has 1 N–H and O–H groups in total. The number of carbonyl (C=O) groups is 3. The van der Waals surface area contributed by atoms with Gasteiger partial charge in [0.2, 0.25) is 10.7 Å². The van der Waals surface area contributed by atoms with Gasteiger partial charge in [0, 0.05) is 22.4 Å². The van der Waals surface area contributed by atoms with Crippen molar-refractivity contribution in [3.8, 4) is 5.75 Å². The molecule has 0 radical (unpaired) electrons. The Morgan fingerprint density at radius 1 is 1.07 bits per heavy atom. The molecule has 0 fully saturated rings. The summed E-state index contributed by atoms with van der Waals surface area (Å²) < 4.78 is 10.6. The number of amides is 1. The molecule has 1 heterocycles. The van der Waals surface area contributed by atoms with Crippen LogP contribution in [0.3, 0.4) is 0 Å². The van der Waals surface area contributed by atoms with Crippen molar-refractivity contribution < 1.29 is 23.9 Å². The van der Waals surface area contributed by atoms with Crippen molar-refractivity contribution in [3.05, 3.63) is 59.7 Å². The van der Waals surface area contributed by atoms with Crippen LogP contribution >= 0.6 is 11.8 Å². The molecule has 0 unspecified atom stereocenters. The molecule has 2 aromatic rings. The van der Waals surface area contributed by atoms with Crippen LogP contribution in [0.1, 0.15) is 38.3 Å². The van der Waals surface area contributed by atoms with Crippen LogP contribution in [0, 0.1) is 0 Å². The highest BCUT2D eigenvalue weighted by atomic mass is 32.2. The molecular weight excluding hydrogens is 402 g/mol. The van der Waals surface area contributed by atoms with Crippen LogP contribution in [-0.4, -0.2) is 28.8 Å². The van der Waals surface area contributed by atoms with Crippen molar-refractivity contribution in [1.29, 1.82) is 0 Å². The molecule has 158 valence electrons. The fourth-order valence-electron chi connectivity index (χ4n) is 3.36. The summed E-state index contributed by atoms with van der Waals surface area (Å²) >= 11 is 1.08. The molecule has 0 bridgehead atoms. The van der Waals surface area contributed by atoms with E-state index in [9.17, 15) is 14.4 Å². The molecule has 1 atom stereocenters. The van der Waals surface area contributed by atoms with Gasteiger partial charge in [0.25, 0.3) is 5.91 Å². The van der Waals surface area contributed by atoms with Crippen molar-refractivity contribution in [2.45, 2.75) is 44.0 Å². The summed E-state index contributed by atoms with van der Waals surface area (Å²) in [4.78, 5) is 38.0. The van der Waals surface area contributed by atoms with Gasteiger partial charge in [-0.2, -0.15) is 0 Å². The lowest BCUT2D eigenvalue weighted by Crippen LogP contribution is -2.41. The second-order valence-corrected chi connectivity index (χ2v) is 9.97. The van der Waals surface area contributed by atoms with Gasteiger partial charge in [-0.1, -0.05) is 62.9 Å². The van der Waals surface area contributed by atoms with E-state index >= 15 is 0 Å². The Bertz CT molecular complexity index is 964. The van der Waals surface area contributed by atoms with E-state index in [4.69, 9.17) is 9.47 Å². The third-order valence-electron chi connectivity index (χ3n) is 4.59. The molecule has 0 saturated heterocycles. The van der Waals surface area contributed by atoms with Crippen LogP contribution in [0.2, 0.25) is 0 Å². The molecule has 3 rings (SSSR count). The average Bonchev–Trinajstić information content (AvgIpc) is 2.92. The van der Waals surface area contributed by atoms with Crippen LogP contribution in [0.4, 0.5) is 5.69 Å². The maximum Gasteiger partial charge on any atom is 0.315 e. The van der Waals surface area contributed by atoms with Gasteiger partial charge in [0.1, 0.15) is 12.2 Å². The van der Waals surface area contributed by atoms with E-state index in [-0.39, 0.29) is 16.3 Å². The molecule has 0 spiro atoms. The first kappa shape index (κ1) is 21.9. The minimum absolute atomic E-state index is 0.145. The second kappa shape index (κ2) is 8.52. The zero-order valence-corrected chi connectivity index (χ0v) is 18.3. The number of para-hydroxylation sites is 1. The van der Waals surface area contributed by atoms with Gasteiger partial charge in [-0.05, 0) is 23.8 Å². The zero-order valence-electron chi connectivity index (χ0n) is 17.5. The van der Waals surface area contributed by atoms with E-state index in [0.717, 1.165) is 17.3 Å². The fraction of sp³-hybridized carbons (Fsp3) is 0.348. The van der Waals surface area contributed by atoms with Crippen LogP contribution in [0.25, 0.3) is 0 Å². The number of esters is 1. The molecule has 2 aromatic carbocycles. The number of benzene rings is 2. The van der Waals surface area contributed by atoms with Crippen LogP contribution in [0.15, 0.2) is 48.5 Å². The molecule has 0 aromatic heterocycles. The summed E-state index contributed by atoms with van der Waals surface area (Å²) in [5.41, 5.74) is 0.440. The summed E-state index contributed by atoms with van der Waals surface area (Å²) in [6.45, 7) is 5.69. The number of nitrogens with one attached hydrogen (secondary N) is 1. The first-order valence-electron chi connectivity index (χ1n) is 9.60.